The molecule has 2 heterocycles. The van der Waals surface area contributed by atoms with E-state index in [2.05, 4.69) is 5.48 Å². The first-order valence-electron chi connectivity index (χ1n) is 8.42. The van der Waals surface area contributed by atoms with Crippen molar-refractivity contribution in [1.82, 2.24) is 10.0 Å². The number of benzene rings is 1. The summed E-state index contributed by atoms with van der Waals surface area (Å²) in [7, 11) is 1.52. The molecule has 2 N–H and O–H groups in total. The molecule has 0 aliphatic carbocycles. The van der Waals surface area contributed by atoms with Gasteiger partial charge in [-0.1, -0.05) is 6.07 Å². The third kappa shape index (κ3) is 3.96. The fourth-order valence-electron chi connectivity index (χ4n) is 2.96. The molecule has 0 atom stereocenters. The number of aromatic nitrogens is 1. The molecule has 2 aromatic heterocycles. The van der Waals surface area contributed by atoms with Gasteiger partial charge in [0.15, 0.2) is 5.58 Å². The fourth-order valence-corrected chi connectivity index (χ4v) is 3.41. The summed E-state index contributed by atoms with van der Waals surface area (Å²) in [4.78, 5) is 30.4. The standard InChI is InChI=1S/C19H18FIN2O5/c1-10-7-13-17(28-10)16(18(25)22-27-6-5-24)15(23(2)19(13)26)8-11-3-4-12(21)9-14(11)20/h3-4,7,9,24H,5-6,8H2,1-2H3,(H,22,25). The van der Waals surface area contributed by atoms with Crippen LogP contribution in [0.25, 0.3) is 11.0 Å². The number of furan rings is 1. The summed E-state index contributed by atoms with van der Waals surface area (Å²) >= 11 is 2.00. The van der Waals surface area contributed by atoms with Gasteiger partial charge < -0.3 is 14.1 Å². The second-order valence-electron chi connectivity index (χ2n) is 6.20. The van der Waals surface area contributed by atoms with Crippen LogP contribution < -0.4 is 11.0 Å². The summed E-state index contributed by atoms with van der Waals surface area (Å²) in [5, 5.41) is 9.07. The van der Waals surface area contributed by atoms with Crippen molar-refractivity contribution in [3.8, 4) is 0 Å². The van der Waals surface area contributed by atoms with E-state index in [-0.39, 0.29) is 47.4 Å². The van der Waals surface area contributed by atoms with Crippen LogP contribution in [-0.4, -0.2) is 28.8 Å². The lowest BCUT2D eigenvalue weighted by Crippen LogP contribution is -2.31. The number of aliphatic hydroxyl groups excluding tert-OH is 1. The van der Waals surface area contributed by atoms with Gasteiger partial charge in [-0.3, -0.25) is 14.4 Å². The van der Waals surface area contributed by atoms with E-state index < -0.39 is 11.7 Å². The molecular weight excluding hydrogens is 482 g/mol. The van der Waals surface area contributed by atoms with Crippen LogP contribution in [0, 0.1) is 16.3 Å². The van der Waals surface area contributed by atoms with Crippen molar-refractivity contribution in [2.24, 2.45) is 7.05 Å². The number of nitrogens with zero attached hydrogens (tertiary/aromatic N) is 1. The summed E-state index contributed by atoms with van der Waals surface area (Å²) in [6, 6.07) is 6.30. The van der Waals surface area contributed by atoms with Gasteiger partial charge in [0.05, 0.1) is 18.6 Å². The van der Waals surface area contributed by atoms with Gasteiger partial charge in [-0.15, -0.1) is 0 Å². The molecule has 0 fully saturated rings. The molecular formula is C19H18FIN2O5. The Morgan fingerprint density at radius 1 is 1.39 bits per heavy atom. The Kier molecular flexibility index (Phi) is 6.16. The van der Waals surface area contributed by atoms with Gasteiger partial charge in [-0.05, 0) is 53.3 Å². The first-order chi connectivity index (χ1) is 13.3. The van der Waals surface area contributed by atoms with Crippen molar-refractivity contribution in [3.05, 3.63) is 66.6 Å². The average molecular weight is 500 g/mol. The van der Waals surface area contributed by atoms with E-state index in [0.717, 1.165) is 3.57 Å². The molecule has 0 bridgehead atoms. The van der Waals surface area contributed by atoms with Crippen LogP contribution >= 0.6 is 22.6 Å². The minimum Gasteiger partial charge on any atom is -0.460 e. The first-order valence-corrected chi connectivity index (χ1v) is 9.50. The Labute approximate surface area is 173 Å². The molecule has 1 amide bonds. The number of carbonyl (C=O) groups is 1. The molecule has 0 saturated heterocycles. The van der Waals surface area contributed by atoms with E-state index in [1.54, 1.807) is 25.1 Å². The largest absolute Gasteiger partial charge is 0.460 e. The number of nitrogens with one attached hydrogen (secondary N) is 1. The highest BCUT2D eigenvalue weighted by Gasteiger charge is 2.25. The zero-order chi connectivity index (χ0) is 20.4. The molecule has 3 rings (SSSR count). The Balaban J connectivity index is 2.19. The van der Waals surface area contributed by atoms with Crippen molar-refractivity contribution < 1.29 is 23.5 Å². The third-order valence-corrected chi connectivity index (χ3v) is 4.94. The second-order valence-corrected chi connectivity index (χ2v) is 7.45. The molecule has 1 aromatic carbocycles. The van der Waals surface area contributed by atoms with Crippen LogP contribution in [0.4, 0.5) is 4.39 Å². The third-order valence-electron chi connectivity index (χ3n) is 4.27. The zero-order valence-electron chi connectivity index (χ0n) is 15.2. The number of halogens is 2. The van der Waals surface area contributed by atoms with Gasteiger partial charge in [-0.2, -0.15) is 0 Å². The van der Waals surface area contributed by atoms with E-state index >= 15 is 0 Å². The van der Waals surface area contributed by atoms with Gasteiger partial charge in [0.2, 0.25) is 0 Å². The Hall–Kier alpha value is -2.24. The summed E-state index contributed by atoms with van der Waals surface area (Å²) < 4.78 is 22.1. The molecule has 0 aliphatic heterocycles. The molecule has 0 aliphatic rings. The number of hydroxylamine groups is 1. The SMILES string of the molecule is Cc1cc2c(=O)n(C)c(Cc3ccc(I)cc3F)c(C(=O)NOCCO)c2o1. The summed E-state index contributed by atoms with van der Waals surface area (Å²) in [6.45, 7) is 1.30. The van der Waals surface area contributed by atoms with Crippen LogP contribution in [0.2, 0.25) is 0 Å². The van der Waals surface area contributed by atoms with E-state index in [1.807, 2.05) is 22.6 Å². The Bertz CT molecular complexity index is 1110. The fraction of sp³-hybridized carbons (Fsp3) is 0.263. The quantitative estimate of drug-likeness (QED) is 0.308. The number of aliphatic hydroxyl groups is 1. The second kappa shape index (κ2) is 8.41. The van der Waals surface area contributed by atoms with Gasteiger partial charge in [-0.25, -0.2) is 9.87 Å². The van der Waals surface area contributed by atoms with E-state index in [0.29, 0.717) is 11.3 Å². The molecule has 148 valence electrons. The smallest absolute Gasteiger partial charge is 0.280 e. The van der Waals surface area contributed by atoms with Gasteiger partial charge in [0.1, 0.15) is 17.1 Å². The van der Waals surface area contributed by atoms with Crippen molar-refractivity contribution in [2.75, 3.05) is 13.2 Å². The van der Waals surface area contributed by atoms with Crippen LogP contribution in [0.3, 0.4) is 0 Å². The maximum Gasteiger partial charge on any atom is 0.280 e. The molecule has 3 aromatic rings. The molecule has 0 spiro atoms. The molecule has 9 heteroatoms. The minimum absolute atomic E-state index is 0.00688. The highest BCUT2D eigenvalue weighted by Crippen LogP contribution is 2.26. The van der Waals surface area contributed by atoms with Crippen LogP contribution in [0.5, 0.6) is 0 Å². The molecule has 0 unspecified atom stereocenters. The number of amides is 1. The molecule has 0 saturated carbocycles. The zero-order valence-corrected chi connectivity index (χ0v) is 17.4. The van der Waals surface area contributed by atoms with Crippen LogP contribution in [-0.2, 0) is 18.3 Å². The van der Waals surface area contributed by atoms with E-state index in [9.17, 15) is 14.0 Å². The molecule has 7 nitrogen and oxygen atoms in total. The molecule has 28 heavy (non-hydrogen) atoms. The monoisotopic (exact) mass is 500 g/mol. The predicted molar refractivity (Wildman–Crippen MR) is 109 cm³/mol. The number of fused-ring (bicyclic) bond motifs is 1. The maximum atomic E-state index is 14.4. The topological polar surface area (TPSA) is 93.7 Å². The highest BCUT2D eigenvalue weighted by atomic mass is 127. The summed E-state index contributed by atoms with van der Waals surface area (Å²) in [5.41, 5.74) is 2.71. The van der Waals surface area contributed by atoms with E-state index in [1.165, 1.54) is 17.7 Å². The number of hydrogen-bond acceptors (Lipinski definition) is 5. The predicted octanol–water partition coefficient (Wildman–Crippen LogP) is 2.43. The summed E-state index contributed by atoms with van der Waals surface area (Å²) in [5.74, 6) is -0.614. The Morgan fingerprint density at radius 2 is 2.14 bits per heavy atom. The normalized spacial score (nSPS) is 11.2. The number of pyridine rings is 1. The van der Waals surface area contributed by atoms with Gasteiger partial charge >= 0.3 is 0 Å². The molecule has 0 radical (unpaired) electrons. The van der Waals surface area contributed by atoms with Crippen LogP contribution in [0.1, 0.15) is 27.4 Å². The van der Waals surface area contributed by atoms with E-state index in [4.69, 9.17) is 14.4 Å². The Morgan fingerprint density at radius 3 is 2.82 bits per heavy atom. The maximum absolute atomic E-state index is 14.4. The lowest BCUT2D eigenvalue weighted by molar-refractivity contribution is 0.0167. The highest BCUT2D eigenvalue weighted by molar-refractivity contribution is 14.1. The van der Waals surface area contributed by atoms with Crippen molar-refractivity contribution in [2.45, 2.75) is 13.3 Å². The lowest BCUT2D eigenvalue weighted by atomic mass is 10.0. The van der Waals surface area contributed by atoms with Gasteiger partial charge in [0, 0.05) is 22.7 Å². The minimum atomic E-state index is -0.649. The lowest BCUT2D eigenvalue weighted by Gasteiger charge is -2.15. The van der Waals surface area contributed by atoms with Gasteiger partial charge in [0.25, 0.3) is 11.5 Å². The summed E-state index contributed by atoms with van der Waals surface area (Å²) in [6.07, 6.45) is 0.00688. The van der Waals surface area contributed by atoms with Crippen molar-refractivity contribution >= 4 is 39.5 Å². The number of rotatable bonds is 6. The van der Waals surface area contributed by atoms with Crippen molar-refractivity contribution in [3.63, 3.8) is 0 Å². The number of aryl methyl sites for hydroxylation is 1. The number of hydrogen-bond donors (Lipinski definition) is 2. The number of carbonyl (C=O) groups excluding carboxylic acids is 1. The van der Waals surface area contributed by atoms with Crippen molar-refractivity contribution in [1.29, 1.82) is 0 Å². The first kappa shape index (κ1) is 20.5. The average Bonchev–Trinajstić information content (AvgIpc) is 3.03. The van der Waals surface area contributed by atoms with Crippen LogP contribution in [0.15, 0.2) is 33.5 Å².